The summed E-state index contributed by atoms with van der Waals surface area (Å²) in [6.07, 6.45) is 1.51. The molecule has 1 atom stereocenters. The highest BCUT2D eigenvalue weighted by Crippen LogP contribution is 2.37. The number of benzene rings is 2. The van der Waals surface area contributed by atoms with Gasteiger partial charge in [-0.25, -0.2) is 8.42 Å². The Kier molecular flexibility index (Phi) is 7.29. The maximum atomic E-state index is 13.7. The van der Waals surface area contributed by atoms with Crippen LogP contribution in [0, 0.1) is 0 Å². The summed E-state index contributed by atoms with van der Waals surface area (Å²) in [5.74, 6) is 1.28. The Morgan fingerprint density at radius 1 is 0.969 bits per heavy atom. The molecule has 1 aliphatic rings. The molecule has 2 aromatic carbocycles. The molecule has 0 spiro atoms. The van der Waals surface area contributed by atoms with E-state index in [1.807, 2.05) is 13.8 Å². The average Bonchev–Trinajstić information content (AvgIpc) is 3.14. The highest BCUT2D eigenvalue weighted by molar-refractivity contribution is 7.94. The minimum absolute atomic E-state index is 0.219. The number of amides is 1. The van der Waals surface area contributed by atoms with Crippen molar-refractivity contribution in [1.29, 1.82) is 0 Å². The summed E-state index contributed by atoms with van der Waals surface area (Å²) in [5.41, 5.74) is 0.754. The van der Waals surface area contributed by atoms with E-state index in [1.54, 1.807) is 36.4 Å². The summed E-state index contributed by atoms with van der Waals surface area (Å²) in [5, 5.41) is 1.14. The molecule has 32 heavy (non-hydrogen) atoms. The lowest BCUT2D eigenvalue weighted by Gasteiger charge is -2.29. The third-order valence-corrected chi connectivity index (χ3v) is 6.28. The van der Waals surface area contributed by atoms with Crippen molar-refractivity contribution in [3.63, 3.8) is 0 Å². The standard InChI is InChI=1S/C23H27NO7S/c1-5-30-20-10-7-16(13-22(20)31-6-2)23(25)24(17-11-12-32(26,27)15-17)19-9-8-18(28-3)14-21(19)29-4/h7-14,17H,5-6,15H2,1-4H3/t17-/m1/s1. The Balaban J connectivity index is 2.09. The van der Waals surface area contributed by atoms with Crippen molar-refractivity contribution >= 4 is 21.4 Å². The summed E-state index contributed by atoms with van der Waals surface area (Å²) in [7, 11) is -0.407. The zero-order chi connectivity index (χ0) is 23.3. The molecule has 8 nitrogen and oxygen atoms in total. The first-order valence-corrected chi connectivity index (χ1v) is 11.9. The van der Waals surface area contributed by atoms with Crippen LogP contribution in [0.25, 0.3) is 0 Å². The quantitative estimate of drug-likeness (QED) is 0.565. The Morgan fingerprint density at radius 2 is 1.69 bits per heavy atom. The van der Waals surface area contributed by atoms with Gasteiger partial charge in [-0.3, -0.25) is 9.69 Å². The van der Waals surface area contributed by atoms with Crippen molar-refractivity contribution in [3.8, 4) is 23.0 Å². The van der Waals surface area contributed by atoms with Gasteiger partial charge in [0.1, 0.15) is 11.5 Å². The smallest absolute Gasteiger partial charge is 0.259 e. The first-order valence-electron chi connectivity index (χ1n) is 10.2. The molecule has 0 aliphatic carbocycles. The van der Waals surface area contributed by atoms with Gasteiger partial charge >= 0.3 is 0 Å². The fraction of sp³-hybridized carbons (Fsp3) is 0.348. The van der Waals surface area contributed by atoms with E-state index in [-0.39, 0.29) is 5.75 Å². The van der Waals surface area contributed by atoms with E-state index in [4.69, 9.17) is 18.9 Å². The van der Waals surface area contributed by atoms with Crippen molar-refractivity contribution in [2.24, 2.45) is 0 Å². The number of anilines is 1. The Bertz CT molecular complexity index is 1110. The fourth-order valence-corrected chi connectivity index (χ4v) is 4.73. The van der Waals surface area contributed by atoms with Crippen LogP contribution in [0.3, 0.4) is 0 Å². The minimum Gasteiger partial charge on any atom is -0.497 e. The van der Waals surface area contributed by atoms with Gasteiger partial charge in [0.15, 0.2) is 21.3 Å². The molecular formula is C23H27NO7S. The molecule has 1 amide bonds. The first-order chi connectivity index (χ1) is 15.3. The SMILES string of the molecule is CCOc1ccc(C(=O)N(c2ccc(OC)cc2OC)[C@@H]2C=CS(=O)(=O)C2)cc1OCC. The van der Waals surface area contributed by atoms with Crippen LogP contribution in [-0.4, -0.2) is 53.6 Å². The van der Waals surface area contributed by atoms with Crippen LogP contribution in [0.15, 0.2) is 47.9 Å². The number of methoxy groups -OCH3 is 2. The van der Waals surface area contributed by atoms with Crippen LogP contribution in [0.1, 0.15) is 24.2 Å². The second-order valence-corrected chi connectivity index (χ2v) is 8.90. The molecule has 3 rings (SSSR count). The molecule has 0 fully saturated rings. The monoisotopic (exact) mass is 461 g/mol. The Labute approximate surface area is 188 Å². The van der Waals surface area contributed by atoms with Crippen LogP contribution < -0.4 is 23.8 Å². The van der Waals surface area contributed by atoms with E-state index in [0.29, 0.717) is 47.5 Å². The van der Waals surface area contributed by atoms with Gasteiger partial charge in [-0.15, -0.1) is 0 Å². The summed E-state index contributed by atoms with van der Waals surface area (Å²) in [6.45, 7) is 4.55. The number of nitrogens with zero attached hydrogens (tertiary/aromatic N) is 1. The van der Waals surface area contributed by atoms with Crippen LogP contribution in [0.5, 0.6) is 23.0 Å². The predicted octanol–water partition coefficient (Wildman–Crippen LogP) is 3.46. The predicted molar refractivity (Wildman–Crippen MR) is 122 cm³/mol. The topological polar surface area (TPSA) is 91.4 Å². The van der Waals surface area contributed by atoms with Gasteiger partial charge in [0.05, 0.1) is 44.9 Å². The lowest BCUT2D eigenvalue weighted by atomic mass is 10.1. The summed E-state index contributed by atoms with van der Waals surface area (Å²) in [6, 6.07) is 9.22. The third-order valence-electron chi connectivity index (χ3n) is 4.90. The van der Waals surface area contributed by atoms with E-state index in [9.17, 15) is 13.2 Å². The van der Waals surface area contributed by atoms with E-state index in [1.165, 1.54) is 25.2 Å². The zero-order valence-electron chi connectivity index (χ0n) is 18.5. The fourth-order valence-electron chi connectivity index (χ4n) is 3.47. The third kappa shape index (κ3) is 4.99. The number of rotatable bonds is 9. The lowest BCUT2D eigenvalue weighted by Crippen LogP contribution is -2.41. The second-order valence-electron chi connectivity index (χ2n) is 6.97. The maximum Gasteiger partial charge on any atom is 0.259 e. The normalized spacial score (nSPS) is 16.4. The molecule has 172 valence electrons. The van der Waals surface area contributed by atoms with Gasteiger partial charge in [-0.1, -0.05) is 0 Å². The second kappa shape index (κ2) is 9.95. The number of carbonyl (C=O) groups excluding carboxylic acids is 1. The molecule has 0 saturated heterocycles. The van der Waals surface area contributed by atoms with E-state index in [2.05, 4.69) is 0 Å². The molecule has 1 aliphatic heterocycles. The summed E-state index contributed by atoms with van der Waals surface area (Å²) >= 11 is 0. The van der Waals surface area contributed by atoms with Crippen molar-refractivity contribution in [3.05, 3.63) is 53.4 Å². The molecule has 0 saturated carbocycles. The van der Waals surface area contributed by atoms with Crippen molar-refractivity contribution in [1.82, 2.24) is 0 Å². The molecular weight excluding hydrogens is 434 g/mol. The Morgan fingerprint density at radius 3 is 2.28 bits per heavy atom. The maximum absolute atomic E-state index is 13.7. The number of hydrogen-bond donors (Lipinski definition) is 0. The largest absolute Gasteiger partial charge is 0.497 e. The molecule has 0 N–H and O–H groups in total. The van der Waals surface area contributed by atoms with Crippen LogP contribution in [-0.2, 0) is 9.84 Å². The highest BCUT2D eigenvalue weighted by atomic mass is 32.2. The average molecular weight is 462 g/mol. The van der Waals surface area contributed by atoms with E-state index < -0.39 is 21.8 Å². The van der Waals surface area contributed by atoms with Gasteiger partial charge in [0.25, 0.3) is 5.91 Å². The zero-order valence-corrected chi connectivity index (χ0v) is 19.3. The summed E-state index contributed by atoms with van der Waals surface area (Å²) in [4.78, 5) is 15.1. The molecule has 0 aromatic heterocycles. The molecule has 0 radical (unpaired) electrons. The van der Waals surface area contributed by atoms with E-state index in [0.717, 1.165) is 5.41 Å². The molecule has 0 unspecified atom stereocenters. The molecule has 0 bridgehead atoms. The highest BCUT2D eigenvalue weighted by Gasteiger charge is 2.34. The van der Waals surface area contributed by atoms with E-state index >= 15 is 0 Å². The van der Waals surface area contributed by atoms with Crippen molar-refractivity contribution < 1.29 is 32.2 Å². The summed E-state index contributed by atoms with van der Waals surface area (Å²) < 4.78 is 46.2. The molecule has 9 heteroatoms. The van der Waals surface area contributed by atoms with Gasteiger partial charge < -0.3 is 18.9 Å². The Hall–Kier alpha value is -3.20. The molecule has 1 heterocycles. The van der Waals surface area contributed by atoms with Gasteiger partial charge in [0.2, 0.25) is 0 Å². The number of sulfone groups is 1. The van der Waals surface area contributed by atoms with Crippen molar-refractivity contribution in [2.75, 3.05) is 38.1 Å². The van der Waals surface area contributed by atoms with Crippen LogP contribution >= 0.6 is 0 Å². The number of ether oxygens (including phenoxy) is 4. The molecule has 2 aromatic rings. The first kappa shape index (κ1) is 23.5. The van der Waals surface area contributed by atoms with Crippen LogP contribution in [0.4, 0.5) is 5.69 Å². The van der Waals surface area contributed by atoms with Gasteiger partial charge in [-0.05, 0) is 50.3 Å². The number of hydrogen-bond acceptors (Lipinski definition) is 7. The minimum atomic E-state index is -3.41. The number of carbonyl (C=O) groups is 1. The lowest BCUT2D eigenvalue weighted by molar-refractivity contribution is 0.0982. The van der Waals surface area contributed by atoms with Crippen LogP contribution in [0.2, 0.25) is 0 Å². The van der Waals surface area contributed by atoms with Crippen molar-refractivity contribution in [2.45, 2.75) is 19.9 Å². The van der Waals surface area contributed by atoms with Gasteiger partial charge in [0, 0.05) is 17.0 Å². The van der Waals surface area contributed by atoms with Gasteiger partial charge in [-0.2, -0.15) is 0 Å².